The van der Waals surface area contributed by atoms with Crippen molar-refractivity contribution in [3.8, 4) is 29.0 Å². The zero-order valence-corrected chi connectivity index (χ0v) is 15.1. The number of carboxylic acids is 1. The average Bonchev–Trinajstić information content (AvgIpc) is 3.30. The molecule has 1 aromatic carbocycles. The highest BCUT2D eigenvalue weighted by Crippen LogP contribution is 2.31. The number of carbonyl (C=O) groups is 1. The van der Waals surface area contributed by atoms with Crippen LogP contribution >= 0.6 is 0 Å². The first-order valence-corrected chi connectivity index (χ1v) is 8.37. The molecule has 0 aliphatic rings. The van der Waals surface area contributed by atoms with E-state index in [9.17, 15) is 18.0 Å². The van der Waals surface area contributed by atoms with E-state index in [1.54, 1.807) is 0 Å². The van der Waals surface area contributed by atoms with Gasteiger partial charge in [-0.25, -0.2) is 0 Å². The fourth-order valence-corrected chi connectivity index (χ4v) is 2.16. The quantitative estimate of drug-likeness (QED) is 0.478. The molecule has 0 saturated heterocycles. The summed E-state index contributed by atoms with van der Waals surface area (Å²) < 4.78 is 56.7. The van der Waals surface area contributed by atoms with Gasteiger partial charge in [0.15, 0.2) is 18.0 Å². The first-order valence-electron chi connectivity index (χ1n) is 8.37. The highest BCUT2D eigenvalue weighted by atomic mass is 19.4. The van der Waals surface area contributed by atoms with Gasteiger partial charge >= 0.3 is 12.3 Å². The summed E-state index contributed by atoms with van der Waals surface area (Å²) in [6, 6.07) is 6.81. The molecule has 0 bridgehead atoms. The van der Waals surface area contributed by atoms with Crippen molar-refractivity contribution in [3.05, 3.63) is 30.3 Å². The molecule has 3 rings (SSSR count). The van der Waals surface area contributed by atoms with Crippen molar-refractivity contribution in [1.82, 2.24) is 25.4 Å². The molecule has 2 aromatic heterocycles. The highest BCUT2D eigenvalue weighted by molar-refractivity contribution is 5.66. The third-order valence-corrected chi connectivity index (χ3v) is 3.31. The standard InChI is InChI=1S/C16H14F3N5O6/c17-16(18,19)29-11-5-2-1-4-10(11)27-6-3-7-28-13-8-12(30-22-13)15-20-23-24(21-15)9-14(25)26/h1-2,4-5,8H,3,6-7,9H2,(H,25,26). The SMILES string of the molecule is O=C(O)Cn1nnc(-c2cc(OCCCOc3ccccc3OC(F)(F)F)no2)n1. The van der Waals surface area contributed by atoms with Gasteiger partial charge in [0.1, 0.15) is 0 Å². The number of aromatic nitrogens is 5. The predicted octanol–water partition coefficient (Wildman–Crippen LogP) is 2.16. The number of para-hydroxylation sites is 2. The zero-order valence-electron chi connectivity index (χ0n) is 15.1. The molecule has 0 aliphatic heterocycles. The molecule has 0 fully saturated rings. The van der Waals surface area contributed by atoms with Crippen molar-refractivity contribution in [2.75, 3.05) is 13.2 Å². The van der Waals surface area contributed by atoms with Crippen molar-refractivity contribution in [3.63, 3.8) is 0 Å². The molecule has 0 spiro atoms. The van der Waals surface area contributed by atoms with Crippen molar-refractivity contribution in [1.29, 1.82) is 0 Å². The molecule has 0 saturated carbocycles. The number of benzene rings is 1. The molecule has 0 amide bonds. The molecule has 30 heavy (non-hydrogen) atoms. The Labute approximate surface area is 165 Å². The number of carboxylic acid groups (broad SMARTS) is 1. The van der Waals surface area contributed by atoms with Crippen LogP contribution < -0.4 is 14.2 Å². The number of hydrogen-bond donors (Lipinski definition) is 1. The van der Waals surface area contributed by atoms with Crippen LogP contribution in [0.3, 0.4) is 0 Å². The Morgan fingerprint density at radius 2 is 1.90 bits per heavy atom. The number of hydrogen-bond acceptors (Lipinski definition) is 9. The number of alkyl halides is 3. The Kier molecular flexibility index (Phi) is 6.34. The van der Waals surface area contributed by atoms with Crippen LogP contribution in [0.5, 0.6) is 17.4 Å². The summed E-state index contributed by atoms with van der Waals surface area (Å²) in [4.78, 5) is 11.5. The van der Waals surface area contributed by atoms with Gasteiger partial charge in [-0.15, -0.1) is 23.4 Å². The van der Waals surface area contributed by atoms with Crippen LogP contribution in [0.2, 0.25) is 0 Å². The third kappa shape index (κ3) is 6.08. The van der Waals surface area contributed by atoms with Crippen LogP contribution in [-0.4, -0.2) is 56.0 Å². The Bertz CT molecular complexity index is 990. The third-order valence-electron chi connectivity index (χ3n) is 3.31. The molecule has 0 atom stereocenters. The maximum atomic E-state index is 12.4. The number of tetrazole rings is 1. The fraction of sp³-hybridized carbons (Fsp3) is 0.312. The topological polar surface area (TPSA) is 135 Å². The lowest BCUT2D eigenvalue weighted by Crippen LogP contribution is -2.18. The summed E-state index contributed by atoms with van der Waals surface area (Å²) in [5, 5.41) is 23.4. The van der Waals surface area contributed by atoms with Crippen molar-refractivity contribution >= 4 is 5.97 Å². The van der Waals surface area contributed by atoms with E-state index in [-0.39, 0.29) is 36.4 Å². The van der Waals surface area contributed by atoms with E-state index in [4.69, 9.17) is 19.1 Å². The van der Waals surface area contributed by atoms with Gasteiger partial charge in [0.05, 0.1) is 19.3 Å². The lowest BCUT2D eigenvalue weighted by molar-refractivity contribution is -0.275. The zero-order chi connectivity index (χ0) is 21.6. The van der Waals surface area contributed by atoms with Gasteiger partial charge in [0.2, 0.25) is 11.6 Å². The lowest BCUT2D eigenvalue weighted by atomic mass is 10.3. The Hall–Kier alpha value is -3.84. The van der Waals surface area contributed by atoms with E-state index in [1.807, 2.05) is 0 Å². The van der Waals surface area contributed by atoms with Gasteiger partial charge in [-0.3, -0.25) is 4.79 Å². The van der Waals surface area contributed by atoms with E-state index >= 15 is 0 Å². The minimum Gasteiger partial charge on any atom is -0.490 e. The van der Waals surface area contributed by atoms with Gasteiger partial charge in [-0.05, 0) is 22.5 Å². The fourth-order valence-electron chi connectivity index (χ4n) is 2.16. The number of rotatable bonds is 10. The molecule has 0 unspecified atom stereocenters. The summed E-state index contributed by atoms with van der Waals surface area (Å²) in [5.41, 5.74) is 0. The summed E-state index contributed by atoms with van der Waals surface area (Å²) in [6.07, 6.45) is -4.49. The second-order valence-corrected chi connectivity index (χ2v) is 5.61. The predicted molar refractivity (Wildman–Crippen MR) is 89.7 cm³/mol. The van der Waals surface area contributed by atoms with E-state index in [2.05, 4.69) is 25.3 Å². The molecule has 14 heteroatoms. The number of aliphatic carboxylic acids is 1. The molecule has 0 aliphatic carbocycles. The Balaban J connectivity index is 1.45. The van der Waals surface area contributed by atoms with E-state index in [0.29, 0.717) is 6.42 Å². The lowest BCUT2D eigenvalue weighted by Gasteiger charge is -2.13. The second kappa shape index (κ2) is 9.11. The molecule has 2 heterocycles. The van der Waals surface area contributed by atoms with Crippen molar-refractivity contribution in [2.24, 2.45) is 0 Å². The molecule has 160 valence electrons. The summed E-state index contributed by atoms with van der Waals surface area (Å²) in [6.45, 7) is -0.261. The molecular formula is C16H14F3N5O6. The van der Waals surface area contributed by atoms with Gasteiger partial charge in [0, 0.05) is 6.42 Å². The summed E-state index contributed by atoms with van der Waals surface area (Å²) in [7, 11) is 0. The smallest absolute Gasteiger partial charge is 0.490 e. The van der Waals surface area contributed by atoms with E-state index < -0.39 is 24.6 Å². The van der Waals surface area contributed by atoms with Crippen molar-refractivity contribution in [2.45, 2.75) is 19.3 Å². The first-order chi connectivity index (χ1) is 14.3. The number of halogens is 3. The van der Waals surface area contributed by atoms with Gasteiger partial charge < -0.3 is 23.8 Å². The highest BCUT2D eigenvalue weighted by Gasteiger charge is 2.32. The van der Waals surface area contributed by atoms with Crippen molar-refractivity contribution < 1.29 is 41.8 Å². The molecular weight excluding hydrogens is 415 g/mol. The Morgan fingerprint density at radius 1 is 1.17 bits per heavy atom. The molecule has 0 radical (unpaired) electrons. The second-order valence-electron chi connectivity index (χ2n) is 5.61. The van der Waals surface area contributed by atoms with Crippen LogP contribution in [0.1, 0.15) is 6.42 Å². The molecule has 11 nitrogen and oxygen atoms in total. The van der Waals surface area contributed by atoms with Crippen LogP contribution in [0.25, 0.3) is 11.6 Å². The molecule has 1 N–H and O–H groups in total. The summed E-state index contributed by atoms with van der Waals surface area (Å²) >= 11 is 0. The van der Waals surface area contributed by atoms with Gasteiger partial charge in [-0.1, -0.05) is 12.1 Å². The van der Waals surface area contributed by atoms with Crippen LogP contribution in [0, 0.1) is 0 Å². The minimum absolute atomic E-state index is 0.0307. The average molecular weight is 429 g/mol. The van der Waals surface area contributed by atoms with Crippen LogP contribution in [0.15, 0.2) is 34.9 Å². The number of nitrogens with zero attached hydrogens (tertiary/aromatic N) is 5. The maximum absolute atomic E-state index is 12.4. The summed E-state index contributed by atoms with van der Waals surface area (Å²) in [5.74, 6) is -1.35. The van der Waals surface area contributed by atoms with Crippen LogP contribution in [0.4, 0.5) is 13.2 Å². The van der Waals surface area contributed by atoms with E-state index in [1.165, 1.54) is 24.3 Å². The normalized spacial score (nSPS) is 11.3. The Morgan fingerprint density at radius 3 is 2.63 bits per heavy atom. The number of ether oxygens (including phenoxy) is 3. The van der Waals surface area contributed by atoms with Gasteiger partial charge in [0.25, 0.3) is 5.88 Å². The minimum atomic E-state index is -4.82. The monoisotopic (exact) mass is 429 g/mol. The molecule has 3 aromatic rings. The largest absolute Gasteiger partial charge is 0.573 e. The van der Waals surface area contributed by atoms with E-state index in [0.717, 1.165) is 10.9 Å². The van der Waals surface area contributed by atoms with Gasteiger partial charge in [-0.2, -0.15) is 4.80 Å². The van der Waals surface area contributed by atoms with Crippen LogP contribution in [-0.2, 0) is 11.3 Å². The maximum Gasteiger partial charge on any atom is 0.573 e. The first kappa shape index (κ1) is 20.9.